The number of rotatable bonds is 0. The smallest absolute Gasteiger partial charge is 0.138 e. The zero-order chi connectivity index (χ0) is 12.2. The molecule has 4 heteroatoms. The molecule has 0 aliphatic rings. The van der Waals surface area contributed by atoms with Crippen molar-refractivity contribution in [2.24, 2.45) is 0 Å². The van der Waals surface area contributed by atoms with Crippen molar-refractivity contribution in [3.05, 3.63) is 40.1 Å². The molecule has 2 aromatic heterocycles. The Morgan fingerprint density at radius 2 is 2.00 bits per heavy atom. The molecular formula is C13H11BrN2O. The van der Waals surface area contributed by atoms with Gasteiger partial charge >= 0.3 is 0 Å². The van der Waals surface area contributed by atoms with Crippen LogP contribution in [0, 0.1) is 13.8 Å². The number of imidazole rings is 1. The number of fused-ring (bicyclic) bond motifs is 3. The molecule has 0 spiro atoms. The molecule has 0 fully saturated rings. The molecular weight excluding hydrogens is 280 g/mol. The SMILES string of the molecule is Cc1nc2cc(C)c3ccc(O)cc3n2c1Br. The first-order valence-corrected chi connectivity index (χ1v) is 6.14. The molecule has 17 heavy (non-hydrogen) atoms. The molecule has 0 bridgehead atoms. The topological polar surface area (TPSA) is 37.5 Å². The highest BCUT2D eigenvalue weighted by Crippen LogP contribution is 2.29. The highest BCUT2D eigenvalue weighted by molar-refractivity contribution is 9.10. The van der Waals surface area contributed by atoms with Gasteiger partial charge in [-0.05, 0) is 53.5 Å². The number of nitrogens with zero attached hydrogens (tertiary/aromatic N) is 2. The van der Waals surface area contributed by atoms with Crippen LogP contribution in [0.5, 0.6) is 5.75 Å². The first-order chi connectivity index (χ1) is 8.08. The van der Waals surface area contributed by atoms with E-state index < -0.39 is 0 Å². The van der Waals surface area contributed by atoms with Crippen molar-refractivity contribution in [1.29, 1.82) is 0 Å². The zero-order valence-corrected chi connectivity index (χ0v) is 11.1. The summed E-state index contributed by atoms with van der Waals surface area (Å²) in [6.45, 7) is 4.01. The summed E-state index contributed by atoms with van der Waals surface area (Å²) in [6.07, 6.45) is 0. The van der Waals surface area contributed by atoms with Gasteiger partial charge in [-0.15, -0.1) is 0 Å². The number of hydrogen-bond acceptors (Lipinski definition) is 2. The maximum Gasteiger partial charge on any atom is 0.138 e. The standard InChI is InChI=1S/C13H11BrN2O/c1-7-5-12-15-8(2)13(14)16(12)11-6-9(17)3-4-10(7)11/h3-6,17H,1-2H3. The zero-order valence-electron chi connectivity index (χ0n) is 9.53. The molecule has 0 aliphatic carbocycles. The largest absolute Gasteiger partial charge is 0.508 e. The van der Waals surface area contributed by atoms with Gasteiger partial charge in [-0.25, -0.2) is 4.98 Å². The van der Waals surface area contributed by atoms with E-state index in [9.17, 15) is 5.11 Å². The number of aryl methyl sites for hydroxylation is 2. The average molecular weight is 291 g/mol. The Bertz CT molecular complexity index is 746. The molecule has 3 nitrogen and oxygen atoms in total. The van der Waals surface area contributed by atoms with E-state index in [1.165, 1.54) is 0 Å². The van der Waals surface area contributed by atoms with Gasteiger partial charge in [0, 0.05) is 11.5 Å². The number of pyridine rings is 1. The van der Waals surface area contributed by atoms with Gasteiger partial charge < -0.3 is 5.11 Å². The number of phenols is 1. The van der Waals surface area contributed by atoms with Crippen LogP contribution in [0.25, 0.3) is 16.6 Å². The van der Waals surface area contributed by atoms with Gasteiger partial charge in [0.1, 0.15) is 16.0 Å². The fraction of sp³-hybridized carbons (Fsp3) is 0.154. The molecule has 0 amide bonds. The third-order valence-electron chi connectivity index (χ3n) is 3.00. The van der Waals surface area contributed by atoms with Gasteiger partial charge in [-0.1, -0.05) is 0 Å². The van der Waals surface area contributed by atoms with E-state index in [0.29, 0.717) is 0 Å². The number of phenolic OH excluding ortho intramolecular Hbond substituents is 1. The van der Waals surface area contributed by atoms with Crippen LogP contribution in [-0.2, 0) is 0 Å². The number of aromatic hydroxyl groups is 1. The van der Waals surface area contributed by atoms with Crippen LogP contribution in [0.15, 0.2) is 28.9 Å². The molecule has 2 heterocycles. The van der Waals surface area contributed by atoms with Crippen LogP contribution in [0.2, 0.25) is 0 Å². The highest BCUT2D eigenvalue weighted by atomic mass is 79.9. The fourth-order valence-electron chi connectivity index (χ4n) is 2.17. The van der Waals surface area contributed by atoms with E-state index in [2.05, 4.69) is 33.9 Å². The molecule has 0 aliphatic heterocycles. The van der Waals surface area contributed by atoms with Crippen LogP contribution in [0.3, 0.4) is 0 Å². The number of aromatic nitrogens is 2. The summed E-state index contributed by atoms with van der Waals surface area (Å²) in [5, 5.41) is 10.7. The minimum atomic E-state index is 0.266. The van der Waals surface area contributed by atoms with Gasteiger partial charge in [0.05, 0.1) is 11.2 Å². The van der Waals surface area contributed by atoms with Gasteiger partial charge in [-0.3, -0.25) is 4.40 Å². The molecule has 0 unspecified atom stereocenters. The van der Waals surface area contributed by atoms with Crippen LogP contribution < -0.4 is 0 Å². The van der Waals surface area contributed by atoms with Crippen molar-refractivity contribution in [2.75, 3.05) is 0 Å². The van der Waals surface area contributed by atoms with Crippen molar-refractivity contribution < 1.29 is 5.11 Å². The summed E-state index contributed by atoms with van der Waals surface area (Å²) in [7, 11) is 0. The predicted molar refractivity (Wildman–Crippen MR) is 71.5 cm³/mol. The van der Waals surface area contributed by atoms with E-state index in [-0.39, 0.29) is 5.75 Å². The quantitative estimate of drug-likeness (QED) is 0.687. The van der Waals surface area contributed by atoms with Gasteiger partial charge in [0.2, 0.25) is 0 Å². The van der Waals surface area contributed by atoms with Crippen LogP contribution in [0.1, 0.15) is 11.3 Å². The summed E-state index contributed by atoms with van der Waals surface area (Å²) >= 11 is 3.54. The molecule has 86 valence electrons. The van der Waals surface area contributed by atoms with E-state index in [1.807, 2.05) is 17.4 Å². The highest BCUT2D eigenvalue weighted by Gasteiger charge is 2.11. The lowest BCUT2D eigenvalue weighted by Gasteiger charge is -2.07. The Hall–Kier alpha value is -1.55. The van der Waals surface area contributed by atoms with Crippen molar-refractivity contribution in [3.8, 4) is 5.75 Å². The maximum atomic E-state index is 9.63. The van der Waals surface area contributed by atoms with Crippen molar-refractivity contribution in [3.63, 3.8) is 0 Å². The Balaban J connectivity index is 2.64. The lowest BCUT2D eigenvalue weighted by Crippen LogP contribution is -1.91. The summed E-state index contributed by atoms with van der Waals surface area (Å²) in [5.41, 5.74) is 3.96. The molecule has 0 saturated carbocycles. The summed E-state index contributed by atoms with van der Waals surface area (Å²) in [6, 6.07) is 7.46. The minimum absolute atomic E-state index is 0.266. The molecule has 1 aromatic carbocycles. The van der Waals surface area contributed by atoms with E-state index in [4.69, 9.17) is 0 Å². The fourth-order valence-corrected chi connectivity index (χ4v) is 2.63. The second kappa shape index (κ2) is 3.47. The van der Waals surface area contributed by atoms with Crippen molar-refractivity contribution in [1.82, 2.24) is 9.38 Å². The van der Waals surface area contributed by atoms with E-state index in [0.717, 1.165) is 32.4 Å². The Labute approximate surface area is 107 Å². The average Bonchev–Trinajstić information content (AvgIpc) is 2.54. The minimum Gasteiger partial charge on any atom is -0.508 e. The monoisotopic (exact) mass is 290 g/mol. The molecule has 3 aromatic rings. The molecule has 0 saturated heterocycles. The number of halogens is 1. The Kier molecular flexibility index (Phi) is 2.16. The molecule has 0 radical (unpaired) electrons. The second-order valence-electron chi connectivity index (χ2n) is 4.21. The van der Waals surface area contributed by atoms with E-state index >= 15 is 0 Å². The van der Waals surface area contributed by atoms with Crippen molar-refractivity contribution >= 4 is 32.5 Å². The predicted octanol–water partition coefficient (Wildman–Crippen LogP) is 3.57. The maximum absolute atomic E-state index is 9.63. The normalized spacial score (nSPS) is 11.5. The van der Waals surface area contributed by atoms with Gasteiger partial charge in [-0.2, -0.15) is 0 Å². The number of hydrogen-bond donors (Lipinski definition) is 1. The second-order valence-corrected chi connectivity index (χ2v) is 4.96. The lowest BCUT2D eigenvalue weighted by atomic mass is 10.1. The van der Waals surface area contributed by atoms with Crippen LogP contribution in [0.4, 0.5) is 0 Å². The van der Waals surface area contributed by atoms with Crippen molar-refractivity contribution in [2.45, 2.75) is 13.8 Å². The first-order valence-electron chi connectivity index (χ1n) is 5.35. The molecule has 1 N–H and O–H groups in total. The van der Waals surface area contributed by atoms with Crippen LogP contribution in [-0.4, -0.2) is 14.5 Å². The Morgan fingerprint density at radius 1 is 1.24 bits per heavy atom. The number of benzene rings is 1. The molecule has 3 rings (SSSR count). The van der Waals surface area contributed by atoms with Gasteiger partial charge in [0.15, 0.2) is 0 Å². The van der Waals surface area contributed by atoms with E-state index in [1.54, 1.807) is 12.1 Å². The first kappa shape index (κ1) is 10.6. The van der Waals surface area contributed by atoms with Crippen LogP contribution >= 0.6 is 15.9 Å². The summed E-state index contributed by atoms with van der Waals surface area (Å²) in [5.74, 6) is 0.266. The summed E-state index contributed by atoms with van der Waals surface area (Å²) in [4.78, 5) is 4.49. The Morgan fingerprint density at radius 3 is 2.76 bits per heavy atom. The lowest BCUT2D eigenvalue weighted by molar-refractivity contribution is 0.476. The third-order valence-corrected chi connectivity index (χ3v) is 3.93. The molecule has 0 atom stereocenters. The summed E-state index contributed by atoms with van der Waals surface area (Å²) < 4.78 is 2.94. The van der Waals surface area contributed by atoms with Gasteiger partial charge in [0.25, 0.3) is 0 Å². The third kappa shape index (κ3) is 1.44.